The number of fused-ring (bicyclic) bond motifs is 1. The minimum atomic E-state index is -1.09. The Kier molecular flexibility index (Phi) is 5.12. The van der Waals surface area contributed by atoms with E-state index in [1.807, 2.05) is 19.1 Å². The van der Waals surface area contributed by atoms with Gasteiger partial charge in [-0.25, -0.2) is 9.78 Å². The average Bonchev–Trinajstić information content (AvgIpc) is 3.14. The number of amides is 2. The first kappa shape index (κ1) is 20.1. The Labute approximate surface area is 176 Å². The van der Waals surface area contributed by atoms with Crippen LogP contribution in [0.5, 0.6) is 0 Å². The molecule has 2 aromatic carbocycles. The molecule has 0 fully saturated rings. The quantitative estimate of drug-likeness (QED) is 0.490. The van der Waals surface area contributed by atoms with E-state index in [0.717, 1.165) is 5.56 Å². The van der Waals surface area contributed by atoms with Crippen molar-refractivity contribution in [2.45, 2.75) is 20.0 Å². The molecule has 2 N–H and O–H groups in total. The molecular formula is C21H19N5O5. The third-order valence-electron chi connectivity index (χ3n) is 5.12. The van der Waals surface area contributed by atoms with Gasteiger partial charge >= 0.3 is 6.09 Å². The first-order valence-corrected chi connectivity index (χ1v) is 9.53. The topological polar surface area (TPSA) is 131 Å². The predicted molar refractivity (Wildman–Crippen MR) is 112 cm³/mol. The van der Waals surface area contributed by atoms with Gasteiger partial charge in [-0.3, -0.25) is 14.9 Å². The Morgan fingerprint density at radius 3 is 2.58 bits per heavy atom. The van der Waals surface area contributed by atoms with Crippen molar-refractivity contribution in [2.75, 3.05) is 11.9 Å². The zero-order valence-corrected chi connectivity index (χ0v) is 16.6. The van der Waals surface area contributed by atoms with Crippen LogP contribution in [0.25, 0.3) is 11.4 Å². The van der Waals surface area contributed by atoms with Gasteiger partial charge in [0.05, 0.1) is 17.2 Å². The van der Waals surface area contributed by atoms with Crippen molar-refractivity contribution in [3.8, 4) is 11.4 Å². The Hall–Kier alpha value is -4.21. The van der Waals surface area contributed by atoms with Crippen LogP contribution in [0, 0.1) is 17.0 Å². The SMILES string of the molecule is Cc1ccc(NC(=O)c2nc(-c3cccc([N+](=O)[O-])c3)n3c2CN(C(=O)O)CC3)cc1. The van der Waals surface area contributed by atoms with Gasteiger partial charge in [0, 0.05) is 36.5 Å². The van der Waals surface area contributed by atoms with Crippen LogP contribution in [0.15, 0.2) is 48.5 Å². The summed E-state index contributed by atoms with van der Waals surface area (Å²) in [5.74, 6) is -0.0886. The molecule has 4 rings (SSSR count). The lowest BCUT2D eigenvalue weighted by molar-refractivity contribution is -0.384. The lowest BCUT2D eigenvalue weighted by atomic mass is 10.2. The van der Waals surface area contributed by atoms with E-state index in [1.54, 1.807) is 28.8 Å². The molecule has 0 saturated carbocycles. The molecule has 1 aromatic heterocycles. The molecule has 10 heteroatoms. The number of anilines is 1. The van der Waals surface area contributed by atoms with E-state index in [9.17, 15) is 24.8 Å². The number of hydrogen-bond acceptors (Lipinski definition) is 5. The van der Waals surface area contributed by atoms with Gasteiger partial charge in [0.1, 0.15) is 5.82 Å². The molecule has 0 radical (unpaired) electrons. The van der Waals surface area contributed by atoms with Crippen molar-refractivity contribution in [3.63, 3.8) is 0 Å². The first-order chi connectivity index (χ1) is 14.8. The second kappa shape index (κ2) is 7.90. The fourth-order valence-electron chi connectivity index (χ4n) is 3.52. The summed E-state index contributed by atoms with van der Waals surface area (Å²) in [7, 11) is 0. The Bertz CT molecular complexity index is 1190. The number of nitrogens with one attached hydrogen (secondary N) is 1. The average molecular weight is 421 g/mol. The van der Waals surface area contributed by atoms with E-state index in [1.165, 1.54) is 17.0 Å². The number of nitrogens with zero attached hydrogens (tertiary/aromatic N) is 4. The second-order valence-corrected chi connectivity index (χ2v) is 7.21. The van der Waals surface area contributed by atoms with E-state index in [-0.39, 0.29) is 31.0 Å². The number of carbonyl (C=O) groups excluding carboxylic acids is 1. The Morgan fingerprint density at radius 2 is 1.90 bits per heavy atom. The molecule has 0 aliphatic carbocycles. The molecule has 0 spiro atoms. The van der Waals surface area contributed by atoms with Crippen LogP contribution < -0.4 is 5.32 Å². The maximum atomic E-state index is 13.0. The number of rotatable bonds is 4. The normalized spacial score (nSPS) is 12.9. The number of benzene rings is 2. The van der Waals surface area contributed by atoms with Crippen molar-refractivity contribution >= 4 is 23.4 Å². The molecule has 1 aliphatic heterocycles. The number of aryl methyl sites for hydroxylation is 1. The van der Waals surface area contributed by atoms with Crippen molar-refractivity contribution in [3.05, 3.63) is 75.6 Å². The molecule has 0 atom stereocenters. The fraction of sp³-hybridized carbons (Fsp3) is 0.190. The van der Waals surface area contributed by atoms with E-state index >= 15 is 0 Å². The third kappa shape index (κ3) is 3.95. The van der Waals surface area contributed by atoms with E-state index in [0.29, 0.717) is 22.8 Å². The van der Waals surface area contributed by atoms with Crippen molar-refractivity contribution in [2.24, 2.45) is 0 Å². The van der Waals surface area contributed by atoms with Gasteiger partial charge < -0.3 is 19.9 Å². The fourth-order valence-corrected chi connectivity index (χ4v) is 3.52. The lowest BCUT2D eigenvalue weighted by Crippen LogP contribution is -2.38. The standard InChI is InChI=1S/C21H19N5O5/c1-13-5-7-15(8-6-13)22-20(27)18-17-12-24(21(28)29)9-10-25(17)19(23-18)14-3-2-4-16(11-14)26(30)31/h2-8,11H,9-10,12H2,1H3,(H,22,27)(H,28,29). The molecule has 10 nitrogen and oxygen atoms in total. The van der Waals surface area contributed by atoms with Crippen molar-refractivity contribution < 1.29 is 19.6 Å². The number of imidazole rings is 1. The number of carboxylic acid groups (broad SMARTS) is 1. The van der Waals surface area contributed by atoms with Gasteiger partial charge in [0.15, 0.2) is 5.69 Å². The van der Waals surface area contributed by atoms with Crippen LogP contribution in [-0.4, -0.2) is 43.0 Å². The van der Waals surface area contributed by atoms with Crippen LogP contribution in [0.3, 0.4) is 0 Å². The highest BCUT2D eigenvalue weighted by molar-refractivity contribution is 6.04. The van der Waals surface area contributed by atoms with Crippen molar-refractivity contribution in [1.82, 2.24) is 14.5 Å². The summed E-state index contributed by atoms with van der Waals surface area (Å²) in [6.45, 7) is 2.43. The minimum absolute atomic E-state index is 0.00604. The van der Waals surface area contributed by atoms with Gasteiger partial charge in [0.25, 0.3) is 11.6 Å². The molecule has 2 heterocycles. The predicted octanol–water partition coefficient (Wildman–Crippen LogP) is 3.51. The van der Waals surface area contributed by atoms with E-state index in [4.69, 9.17) is 0 Å². The van der Waals surface area contributed by atoms with E-state index in [2.05, 4.69) is 10.3 Å². The zero-order chi connectivity index (χ0) is 22.1. The van der Waals surface area contributed by atoms with Crippen LogP contribution in [0.1, 0.15) is 21.7 Å². The molecule has 1 aliphatic rings. The smallest absolute Gasteiger partial charge is 0.407 e. The highest BCUT2D eigenvalue weighted by atomic mass is 16.6. The first-order valence-electron chi connectivity index (χ1n) is 9.53. The van der Waals surface area contributed by atoms with Crippen LogP contribution >= 0.6 is 0 Å². The maximum absolute atomic E-state index is 13.0. The molecule has 31 heavy (non-hydrogen) atoms. The van der Waals surface area contributed by atoms with Crippen LogP contribution in [0.4, 0.5) is 16.2 Å². The number of carbonyl (C=O) groups is 2. The number of hydrogen-bond donors (Lipinski definition) is 2. The minimum Gasteiger partial charge on any atom is -0.465 e. The number of aromatic nitrogens is 2. The van der Waals surface area contributed by atoms with Crippen molar-refractivity contribution in [1.29, 1.82) is 0 Å². The highest BCUT2D eigenvalue weighted by Crippen LogP contribution is 2.29. The summed E-state index contributed by atoms with van der Waals surface area (Å²) in [4.78, 5) is 40.9. The molecule has 0 saturated heterocycles. The van der Waals surface area contributed by atoms with Gasteiger partial charge in [-0.05, 0) is 19.1 Å². The van der Waals surface area contributed by atoms with Gasteiger partial charge in [-0.2, -0.15) is 0 Å². The molecular weight excluding hydrogens is 402 g/mol. The summed E-state index contributed by atoms with van der Waals surface area (Å²) >= 11 is 0. The maximum Gasteiger partial charge on any atom is 0.407 e. The third-order valence-corrected chi connectivity index (χ3v) is 5.12. The summed E-state index contributed by atoms with van der Waals surface area (Å²) < 4.78 is 1.75. The zero-order valence-electron chi connectivity index (χ0n) is 16.6. The van der Waals surface area contributed by atoms with E-state index < -0.39 is 16.9 Å². The molecule has 0 unspecified atom stereocenters. The largest absolute Gasteiger partial charge is 0.465 e. The summed E-state index contributed by atoms with van der Waals surface area (Å²) in [6.07, 6.45) is -1.09. The Morgan fingerprint density at radius 1 is 1.16 bits per heavy atom. The number of nitro benzene ring substituents is 1. The summed E-state index contributed by atoms with van der Waals surface area (Å²) in [5.41, 5.74) is 2.55. The Balaban J connectivity index is 1.77. The summed E-state index contributed by atoms with van der Waals surface area (Å²) in [6, 6.07) is 13.2. The van der Waals surface area contributed by atoms with Crippen LogP contribution in [-0.2, 0) is 13.1 Å². The van der Waals surface area contributed by atoms with Gasteiger partial charge in [-0.15, -0.1) is 0 Å². The summed E-state index contributed by atoms with van der Waals surface area (Å²) in [5, 5.41) is 23.4. The number of nitro groups is 1. The molecule has 3 aromatic rings. The number of non-ortho nitro benzene ring substituents is 1. The van der Waals surface area contributed by atoms with Gasteiger partial charge in [-0.1, -0.05) is 29.8 Å². The van der Waals surface area contributed by atoms with Crippen LogP contribution in [0.2, 0.25) is 0 Å². The molecule has 0 bridgehead atoms. The lowest BCUT2D eigenvalue weighted by Gasteiger charge is -2.27. The monoisotopic (exact) mass is 421 g/mol. The highest BCUT2D eigenvalue weighted by Gasteiger charge is 2.30. The molecule has 2 amide bonds. The second-order valence-electron chi connectivity index (χ2n) is 7.21. The molecule has 158 valence electrons. The van der Waals surface area contributed by atoms with Gasteiger partial charge in [0.2, 0.25) is 0 Å².